The molecule has 5 heteroatoms. The van der Waals surface area contributed by atoms with Crippen molar-refractivity contribution in [1.82, 2.24) is 4.90 Å². The number of aliphatic hydroxyl groups excluding tert-OH is 1. The van der Waals surface area contributed by atoms with Crippen LogP contribution in [0.5, 0.6) is 0 Å². The lowest BCUT2D eigenvalue weighted by atomic mass is 10.1. The summed E-state index contributed by atoms with van der Waals surface area (Å²) in [5.74, 6) is -0.208. The summed E-state index contributed by atoms with van der Waals surface area (Å²) in [5, 5.41) is 8.76. The molecular weight excluding hydrogens is 354 g/mol. The minimum absolute atomic E-state index is 0.0847. The second-order valence-electron chi connectivity index (χ2n) is 7.07. The van der Waals surface area contributed by atoms with E-state index in [0.717, 1.165) is 32.1 Å². The van der Waals surface area contributed by atoms with Crippen LogP contribution in [0, 0.1) is 0 Å². The van der Waals surface area contributed by atoms with Crippen molar-refractivity contribution in [2.75, 3.05) is 26.3 Å². The summed E-state index contributed by atoms with van der Waals surface area (Å²) in [7, 11) is 0. The molecule has 0 rings (SSSR count). The van der Waals surface area contributed by atoms with E-state index in [1.807, 2.05) is 0 Å². The molecule has 0 aromatic heterocycles. The quantitative estimate of drug-likeness (QED) is 0.139. The largest absolute Gasteiger partial charge is 0.464 e. The van der Waals surface area contributed by atoms with Gasteiger partial charge in [-0.15, -0.1) is 0 Å². The molecule has 0 spiro atoms. The first-order valence-corrected chi connectivity index (χ1v) is 11.0. The molecule has 1 amide bonds. The van der Waals surface area contributed by atoms with Crippen molar-refractivity contribution in [1.29, 1.82) is 0 Å². The fraction of sp³-hybridized carbons (Fsp3) is 0.739. The lowest BCUT2D eigenvalue weighted by molar-refractivity contribution is -0.144. The monoisotopic (exact) mass is 395 g/mol. The number of unbranched alkanes of at least 4 members (excludes halogenated alkanes) is 8. The van der Waals surface area contributed by atoms with Crippen molar-refractivity contribution in [2.45, 2.75) is 84.0 Å². The first kappa shape index (κ1) is 26.4. The predicted molar refractivity (Wildman–Crippen MR) is 115 cm³/mol. The van der Waals surface area contributed by atoms with E-state index in [-0.39, 0.29) is 25.7 Å². The van der Waals surface area contributed by atoms with Crippen LogP contribution in [0.25, 0.3) is 0 Å². The van der Waals surface area contributed by atoms with Crippen molar-refractivity contribution in [3.63, 3.8) is 0 Å². The average molecular weight is 396 g/mol. The average Bonchev–Trinajstić information content (AvgIpc) is 2.70. The molecule has 0 aromatic carbocycles. The zero-order valence-corrected chi connectivity index (χ0v) is 17.8. The molecule has 0 atom stereocenters. The van der Waals surface area contributed by atoms with Gasteiger partial charge in [0.15, 0.2) is 0 Å². The number of ether oxygens (including phenoxy) is 1. The van der Waals surface area contributed by atoms with E-state index in [1.165, 1.54) is 43.4 Å². The van der Waals surface area contributed by atoms with E-state index in [2.05, 4.69) is 31.2 Å². The van der Waals surface area contributed by atoms with Gasteiger partial charge in [-0.1, -0.05) is 63.3 Å². The van der Waals surface area contributed by atoms with Crippen molar-refractivity contribution in [3.8, 4) is 0 Å². The van der Waals surface area contributed by atoms with Crippen molar-refractivity contribution in [3.05, 3.63) is 24.3 Å². The van der Waals surface area contributed by atoms with Crippen LogP contribution in [0.15, 0.2) is 24.3 Å². The third kappa shape index (κ3) is 19.2. The van der Waals surface area contributed by atoms with Gasteiger partial charge in [0.05, 0.1) is 13.2 Å². The molecule has 0 unspecified atom stereocenters. The number of rotatable bonds is 20. The van der Waals surface area contributed by atoms with Crippen LogP contribution >= 0.6 is 0 Å². The van der Waals surface area contributed by atoms with Crippen LogP contribution in [-0.2, 0) is 14.3 Å². The minimum Gasteiger partial charge on any atom is -0.464 e. The van der Waals surface area contributed by atoms with Crippen molar-refractivity contribution in [2.24, 2.45) is 0 Å². The summed E-state index contributed by atoms with van der Waals surface area (Å²) in [5.41, 5.74) is 0. The van der Waals surface area contributed by atoms with Gasteiger partial charge >= 0.3 is 5.97 Å². The fourth-order valence-corrected chi connectivity index (χ4v) is 2.78. The molecule has 0 heterocycles. The van der Waals surface area contributed by atoms with Crippen LogP contribution in [0.1, 0.15) is 84.0 Å². The highest BCUT2D eigenvalue weighted by atomic mass is 16.5. The van der Waals surface area contributed by atoms with Gasteiger partial charge in [-0.3, -0.25) is 9.59 Å². The maximum Gasteiger partial charge on any atom is 0.305 e. The van der Waals surface area contributed by atoms with Gasteiger partial charge in [-0.25, -0.2) is 0 Å². The standard InChI is InChI=1S/C23H41NO4/c1-2-3-4-5-6-7-8-9-10-11-12-13-14-15-16-17-23(27)28-21-19-24(22-26)18-20-25/h6-7,9-10,22,25H,2-5,8,11-21H2,1H3/b7-6+,10-9+. The zero-order chi connectivity index (χ0) is 20.7. The second kappa shape index (κ2) is 21.7. The van der Waals surface area contributed by atoms with Crippen LogP contribution in [0.4, 0.5) is 0 Å². The molecule has 0 saturated heterocycles. The summed E-state index contributed by atoms with van der Waals surface area (Å²) in [6, 6.07) is 0. The molecule has 162 valence electrons. The number of carbonyl (C=O) groups excluding carboxylic acids is 2. The number of esters is 1. The summed E-state index contributed by atoms with van der Waals surface area (Å²) in [4.78, 5) is 23.7. The topological polar surface area (TPSA) is 66.8 Å². The van der Waals surface area contributed by atoms with E-state index in [4.69, 9.17) is 9.84 Å². The maximum absolute atomic E-state index is 11.6. The molecule has 0 aliphatic rings. The molecule has 0 radical (unpaired) electrons. The number of carbonyl (C=O) groups is 2. The Morgan fingerprint density at radius 2 is 1.54 bits per heavy atom. The first-order chi connectivity index (χ1) is 13.7. The molecule has 0 aromatic rings. The second-order valence-corrected chi connectivity index (χ2v) is 7.07. The zero-order valence-electron chi connectivity index (χ0n) is 17.8. The highest BCUT2D eigenvalue weighted by Crippen LogP contribution is 2.08. The van der Waals surface area contributed by atoms with Crippen LogP contribution < -0.4 is 0 Å². The Balaban J connectivity index is 3.39. The Kier molecular flexibility index (Phi) is 20.4. The molecule has 5 nitrogen and oxygen atoms in total. The highest BCUT2D eigenvalue weighted by molar-refractivity contribution is 5.69. The molecule has 0 bridgehead atoms. The Morgan fingerprint density at radius 3 is 2.18 bits per heavy atom. The van der Waals surface area contributed by atoms with Gasteiger partial charge in [0.2, 0.25) is 6.41 Å². The summed E-state index contributed by atoms with van der Waals surface area (Å²) in [6.45, 7) is 2.94. The number of hydrogen-bond donors (Lipinski definition) is 1. The molecule has 0 aliphatic carbocycles. The molecule has 0 saturated carbocycles. The number of amides is 1. The normalized spacial score (nSPS) is 11.4. The Morgan fingerprint density at radius 1 is 0.893 bits per heavy atom. The molecule has 28 heavy (non-hydrogen) atoms. The Hall–Kier alpha value is -1.62. The number of nitrogens with zero attached hydrogens (tertiary/aromatic N) is 1. The highest BCUT2D eigenvalue weighted by Gasteiger charge is 2.05. The lowest BCUT2D eigenvalue weighted by Crippen LogP contribution is -2.29. The SMILES string of the molecule is CCCCC/C=C/C/C=C/CCCCCCCC(=O)OCCN(C=O)CCO. The Bertz CT molecular complexity index is 421. The van der Waals surface area contributed by atoms with Gasteiger partial charge in [0.25, 0.3) is 0 Å². The van der Waals surface area contributed by atoms with E-state index in [9.17, 15) is 9.59 Å². The predicted octanol–water partition coefficient (Wildman–Crippen LogP) is 4.79. The van der Waals surface area contributed by atoms with Crippen LogP contribution in [0.2, 0.25) is 0 Å². The van der Waals surface area contributed by atoms with Crippen LogP contribution in [-0.4, -0.2) is 48.7 Å². The summed E-state index contributed by atoms with van der Waals surface area (Å²) < 4.78 is 5.10. The summed E-state index contributed by atoms with van der Waals surface area (Å²) in [6.07, 6.45) is 22.9. The Labute approximate surface area is 171 Å². The van der Waals surface area contributed by atoms with Crippen molar-refractivity contribution < 1.29 is 19.4 Å². The number of hydrogen-bond acceptors (Lipinski definition) is 4. The molecule has 0 fully saturated rings. The van der Waals surface area contributed by atoms with E-state index >= 15 is 0 Å². The maximum atomic E-state index is 11.6. The van der Waals surface area contributed by atoms with Gasteiger partial charge < -0.3 is 14.7 Å². The fourth-order valence-electron chi connectivity index (χ4n) is 2.78. The molecule has 1 N–H and O–H groups in total. The van der Waals surface area contributed by atoms with Gasteiger partial charge in [0, 0.05) is 13.0 Å². The smallest absolute Gasteiger partial charge is 0.305 e. The summed E-state index contributed by atoms with van der Waals surface area (Å²) >= 11 is 0. The van der Waals surface area contributed by atoms with E-state index < -0.39 is 0 Å². The van der Waals surface area contributed by atoms with E-state index in [0.29, 0.717) is 19.4 Å². The first-order valence-electron chi connectivity index (χ1n) is 11.0. The number of allylic oxidation sites excluding steroid dienone is 4. The van der Waals surface area contributed by atoms with Gasteiger partial charge in [0.1, 0.15) is 6.61 Å². The molecule has 0 aliphatic heterocycles. The third-order valence-corrected chi connectivity index (χ3v) is 4.51. The number of aliphatic hydroxyl groups is 1. The minimum atomic E-state index is -0.208. The lowest BCUT2D eigenvalue weighted by Gasteiger charge is -2.15. The van der Waals surface area contributed by atoms with Crippen molar-refractivity contribution >= 4 is 12.4 Å². The third-order valence-electron chi connectivity index (χ3n) is 4.51. The van der Waals surface area contributed by atoms with E-state index in [1.54, 1.807) is 0 Å². The van der Waals surface area contributed by atoms with Crippen LogP contribution in [0.3, 0.4) is 0 Å². The molecular formula is C23H41NO4. The van der Waals surface area contributed by atoms with Gasteiger partial charge in [-0.2, -0.15) is 0 Å². The van der Waals surface area contributed by atoms with Gasteiger partial charge in [-0.05, 0) is 38.5 Å².